The van der Waals surface area contributed by atoms with Gasteiger partial charge in [-0.15, -0.1) is 0 Å². The van der Waals surface area contributed by atoms with E-state index in [4.69, 9.17) is 4.42 Å². The lowest BCUT2D eigenvalue weighted by atomic mass is 10.0. The van der Waals surface area contributed by atoms with E-state index in [0.717, 1.165) is 38.9 Å². The molecule has 2 heterocycles. The Morgan fingerprint density at radius 1 is 1.25 bits per heavy atom. The Labute approximate surface area is 143 Å². The number of benzene rings is 1. The van der Waals surface area contributed by atoms with Crippen molar-refractivity contribution in [2.75, 3.05) is 13.1 Å². The van der Waals surface area contributed by atoms with E-state index in [9.17, 15) is 4.79 Å². The summed E-state index contributed by atoms with van der Waals surface area (Å²) in [6.07, 6.45) is 4.64. The van der Waals surface area contributed by atoms with Gasteiger partial charge in [-0.05, 0) is 43.4 Å². The zero-order chi connectivity index (χ0) is 16.9. The maximum absolute atomic E-state index is 12.3. The molecule has 3 rings (SSSR count). The van der Waals surface area contributed by atoms with Gasteiger partial charge in [-0.25, -0.2) is 0 Å². The predicted molar refractivity (Wildman–Crippen MR) is 95.0 cm³/mol. The average Bonchev–Trinajstić information content (AvgIpc) is 3.03. The van der Waals surface area contributed by atoms with Crippen molar-refractivity contribution in [2.24, 2.45) is 0 Å². The predicted octanol–water partition coefficient (Wildman–Crippen LogP) is 3.54. The monoisotopic (exact) mass is 326 g/mol. The van der Waals surface area contributed by atoms with E-state index in [1.807, 2.05) is 6.92 Å². The highest BCUT2D eigenvalue weighted by atomic mass is 16.3. The highest BCUT2D eigenvalue weighted by molar-refractivity contribution is 5.95. The topological polar surface area (TPSA) is 45.5 Å². The van der Waals surface area contributed by atoms with Crippen molar-refractivity contribution in [3.63, 3.8) is 0 Å². The summed E-state index contributed by atoms with van der Waals surface area (Å²) in [6.45, 7) is 7.05. The molecule has 4 nitrogen and oxygen atoms in total. The van der Waals surface area contributed by atoms with Gasteiger partial charge in [0, 0.05) is 25.7 Å². The summed E-state index contributed by atoms with van der Waals surface area (Å²) in [7, 11) is 0. The van der Waals surface area contributed by atoms with Gasteiger partial charge in [0.25, 0.3) is 5.91 Å². The van der Waals surface area contributed by atoms with E-state index < -0.39 is 0 Å². The Morgan fingerprint density at radius 2 is 2.00 bits per heavy atom. The van der Waals surface area contributed by atoms with Gasteiger partial charge in [0.2, 0.25) is 0 Å². The Morgan fingerprint density at radius 3 is 2.67 bits per heavy atom. The van der Waals surface area contributed by atoms with Crippen LogP contribution < -0.4 is 5.32 Å². The molecule has 0 radical (unpaired) electrons. The van der Waals surface area contributed by atoms with Crippen LogP contribution in [0.1, 0.15) is 47.0 Å². The molecule has 0 unspecified atom stereocenters. The molecular formula is C20H26N2O2. The highest BCUT2D eigenvalue weighted by Crippen LogP contribution is 2.16. The van der Waals surface area contributed by atoms with Gasteiger partial charge in [0.1, 0.15) is 5.76 Å². The quantitative estimate of drug-likeness (QED) is 0.914. The molecule has 0 bridgehead atoms. The van der Waals surface area contributed by atoms with Gasteiger partial charge in [0.05, 0.1) is 11.8 Å². The van der Waals surface area contributed by atoms with Crippen LogP contribution in [-0.2, 0) is 13.0 Å². The van der Waals surface area contributed by atoms with Gasteiger partial charge < -0.3 is 9.73 Å². The molecule has 1 amide bonds. The van der Waals surface area contributed by atoms with Gasteiger partial charge in [-0.2, -0.15) is 0 Å². The van der Waals surface area contributed by atoms with Crippen molar-refractivity contribution in [3.8, 4) is 0 Å². The van der Waals surface area contributed by atoms with Crippen molar-refractivity contribution >= 4 is 5.91 Å². The summed E-state index contributed by atoms with van der Waals surface area (Å²) in [5.41, 5.74) is 3.42. The van der Waals surface area contributed by atoms with E-state index in [1.165, 1.54) is 11.1 Å². The fourth-order valence-corrected chi connectivity index (χ4v) is 3.33. The first kappa shape index (κ1) is 16.8. The van der Waals surface area contributed by atoms with E-state index in [-0.39, 0.29) is 11.9 Å². The van der Waals surface area contributed by atoms with Crippen LogP contribution in [0.15, 0.2) is 41.0 Å². The number of nitrogens with one attached hydrogen (secondary N) is 1. The Hall–Kier alpha value is -2.07. The molecule has 1 N–H and O–H groups in total. The lowest BCUT2D eigenvalue weighted by molar-refractivity contribution is 0.0907. The van der Waals surface area contributed by atoms with Gasteiger partial charge in [0.15, 0.2) is 0 Å². The van der Waals surface area contributed by atoms with E-state index in [0.29, 0.717) is 11.3 Å². The van der Waals surface area contributed by atoms with Crippen molar-refractivity contribution in [1.29, 1.82) is 0 Å². The number of likely N-dealkylation sites (tertiary alicyclic amines) is 1. The summed E-state index contributed by atoms with van der Waals surface area (Å²) >= 11 is 0. The molecule has 1 aliphatic rings. The number of carbonyl (C=O) groups excluding carboxylic acids is 1. The maximum atomic E-state index is 12.3. The Kier molecular flexibility index (Phi) is 5.36. The maximum Gasteiger partial charge on any atom is 0.255 e. The number of rotatable bonds is 5. The van der Waals surface area contributed by atoms with Crippen molar-refractivity contribution < 1.29 is 9.21 Å². The molecule has 0 atom stereocenters. The average molecular weight is 326 g/mol. The molecule has 0 saturated carbocycles. The fraction of sp³-hybridized carbons (Fsp3) is 0.450. The second kappa shape index (κ2) is 7.67. The third-order valence-electron chi connectivity index (χ3n) is 4.83. The summed E-state index contributed by atoms with van der Waals surface area (Å²) in [6, 6.07) is 10.8. The Balaban J connectivity index is 1.49. The van der Waals surface area contributed by atoms with Crippen LogP contribution >= 0.6 is 0 Å². The second-order valence-electron chi connectivity index (χ2n) is 6.59. The molecule has 1 aliphatic heterocycles. The van der Waals surface area contributed by atoms with Crippen LogP contribution in [0.4, 0.5) is 0 Å². The van der Waals surface area contributed by atoms with Crippen LogP contribution in [0.25, 0.3) is 0 Å². The number of aryl methyl sites for hydroxylation is 2. The lowest BCUT2D eigenvalue weighted by Gasteiger charge is -2.32. The number of piperidine rings is 1. The SMILES string of the molecule is CCc1cccc(CN2CCC(NC(=O)c3ccoc3C)CC2)c1. The second-order valence-corrected chi connectivity index (χ2v) is 6.59. The molecule has 0 spiro atoms. The molecule has 1 saturated heterocycles. The largest absolute Gasteiger partial charge is 0.469 e. The summed E-state index contributed by atoms with van der Waals surface area (Å²) < 4.78 is 5.21. The van der Waals surface area contributed by atoms with Crippen molar-refractivity contribution in [3.05, 3.63) is 59.0 Å². The van der Waals surface area contributed by atoms with Crippen LogP contribution in [0.3, 0.4) is 0 Å². The molecule has 0 aliphatic carbocycles. The van der Waals surface area contributed by atoms with Crippen molar-refractivity contribution in [1.82, 2.24) is 10.2 Å². The van der Waals surface area contributed by atoms with Crippen molar-refractivity contribution in [2.45, 2.75) is 45.7 Å². The summed E-state index contributed by atoms with van der Waals surface area (Å²) in [5, 5.41) is 3.14. The van der Waals surface area contributed by atoms with Crippen LogP contribution in [0.5, 0.6) is 0 Å². The van der Waals surface area contributed by atoms with Crippen LogP contribution in [-0.4, -0.2) is 29.9 Å². The third-order valence-corrected chi connectivity index (χ3v) is 4.83. The first-order valence-electron chi connectivity index (χ1n) is 8.81. The summed E-state index contributed by atoms with van der Waals surface area (Å²) in [5.74, 6) is 0.663. The molecule has 1 aromatic carbocycles. The number of nitrogens with zero attached hydrogens (tertiary/aromatic N) is 1. The molecule has 1 aromatic heterocycles. The van der Waals surface area contributed by atoms with E-state index in [1.54, 1.807) is 12.3 Å². The van der Waals surface area contributed by atoms with Gasteiger partial charge in [-0.1, -0.05) is 31.2 Å². The molecule has 4 heteroatoms. The minimum atomic E-state index is -0.0182. The Bertz CT molecular complexity index is 684. The first-order valence-corrected chi connectivity index (χ1v) is 8.81. The van der Waals surface area contributed by atoms with Gasteiger partial charge in [-0.3, -0.25) is 9.69 Å². The van der Waals surface area contributed by atoms with Crippen LogP contribution in [0, 0.1) is 6.92 Å². The molecule has 24 heavy (non-hydrogen) atoms. The minimum Gasteiger partial charge on any atom is -0.469 e. The fourth-order valence-electron chi connectivity index (χ4n) is 3.33. The number of amides is 1. The third kappa shape index (κ3) is 4.06. The van der Waals surface area contributed by atoms with Gasteiger partial charge >= 0.3 is 0 Å². The smallest absolute Gasteiger partial charge is 0.255 e. The number of hydrogen-bond donors (Lipinski definition) is 1. The molecule has 1 fully saturated rings. The zero-order valence-electron chi connectivity index (χ0n) is 14.5. The minimum absolute atomic E-state index is 0.0182. The molecular weight excluding hydrogens is 300 g/mol. The standard InChI is InChI=1S/C20H26N2O2/c1-3-16-5-4-6-17(13-16)14-22-10-7-18(8-11-22)21-20(23)19-9-12-24-15(19)2/h4-6,9,12-13,18H,3,7-8,10-11,14H2,1-2H3,(H,21,23). The highest BCUT2D eigenvalue weighted by Gasteiger charge is 2.22. The van der Waals surface area contributed by atoms with Crippen LogP contribution in [0.2, 0.25) is 0 Å². The van der Waals surface area contributed by atoms with E-state index in [2.05, 4.69) is 41.4 Å². The normalized spacial score (nSPS) is 16.2. The summed E-state index contributed by atoms with van der Waals surface area (Å²) in [4.78, 5) is 14.7. The number of furan rings is 1. The number of hydrogen-bond acceptors (Lipinski definition) is 3. The number of carbonyl (C=O) groups is 1. The van der Waals surface area contributed by atoms with E-state index >= 15 is 0 Å². The lowest BCUT2D eigenvalue weighted by Crippen LogP contribution is -2.44. The molecule has 128 valence electrons. The molecule has 2 aromatic rings. The zero-order valence-corrected chi connectivity index (χ0v) is 14.5. The first-order chi connectivity index (χ1) is 11.7.